The molecule has 8 nitrogen and oxygen atoms in total. The lowest BCUT2D eigenvalue weighted by Crippen LogP contribution is -2.21. The minimum atomic E-state index is 0.0523. The van der Waals surface area contributed by atoms with E-state index in [-0.39, 0.29) is 11.7 Å². The molecule has 1 aliphatic rings. The number of benzene rings is 2. The summed E-state index contributed by atoms with van der Waals surface area (Å²) in [6.45, 7) is 4.48. The number of aromatic nitrogens is 4. The van der Waals surface area contributed by atoms with Crippen molar-refractivity contribution >= 4 is 28.6 Å². The van der Waals surface area contributed by atoms with Crippen molar-refractivity contribution < 1.29 is 14.3 Å². The monoisotopic (exact) mass is 455 g/mol. The first-order chi connectivity index (χ1) is 16.5. The van der Waals surface area contributed by atoms with Crippen LogP contribution in [0.1, 0.15) is 46.6 Å². The summed E-state index contributed by atoms with van der Waals surface area (Å²) < 4.78 is 10.8. The molecule has 1 aliphatic carbocycles. The summed E-state index contributed by atoms with van der Waals surface area (Å²) in [5.41, 5.74) is 4.02. The number of methoxy groups -OCH3 is 1. The van der Waals surface area contributed by atoms with Gasteiger partial charge in [0.1, 0.15) is 11.5 Å². The summed E-state index contributed by atoms with van der Waals surface area (Å²) in [4.78, 5) is 30.9. The number of aryl methyl sites for hydroxylation is 1. The maximum absolute atomic E-state index is 12.8. The predicted molar refractivity (Wildman–Crippen MR) is 129 cm³/mol. The molecular formula is C26H25N5O3. The highest BCUT2D eigenvalue weighted by atomic mass is 16.5. The average molecular weight is 456 g/mol. The van der Waals surface area contributed by atoms with Crippen LogP contribution in [0.5, 0.6) is 11.5 Å². The largest absolute Gasteiger partial charge is 0.497 e. The van der Waals surface area contributed by atoms with Gasteiger partial charge in [-0.25, -0.2) is 19.9 Å². The Morgan fingerprint density at radius 3 is 2.56 bits per heavy atom. The molecule has 1 N–H and O–H groups in total. The molecule has 0 bridgehead atoms. The van der Waals surface area contributed by atoms with Crippen LogP contribution < -0.4 is 14.8 Å². The number of ketones is 1. The highest BCUT2D eigenvalue weighted by Gasteiger charge is 2.28. The maximum atomic E-state index is 12.8. The number of nitrogens with one attached hydrogen (secondary N) is 1. The molecule has 172 valence electrons. The summed E-state index contributed by atoms with van der Waals surface area (Å²) in [6.07, 6.45) is 2.69. The van der Waals surface area contributed by atoms with Crippen LogP contribution in [0.25, 0.3) is 10.9 Å². The number of rotatable bonds is 6. The fourth-order valence-electron chi connectivity index (χ4n) is 4.29. The molecule has 2 aromatic carbocycles. The number of nitrogens with zero attached hydrogens (tertiary/aromatic N) is 4. The normalized spacial score (nSPS) is 15.1. The maximum Gasteiger partial charge on any atom is 0.230 e. The van der Waals surface area contributed by atoms with Gasteiger partial charge in [-0.2, -0.15) is 0 Å². The van der Waals surface area contributed by atoms with Crippen molar-refractivity contribution in [2.45, 2.75) is 32.6 Å². The number of hydrogen-bond acceptors (Lipinski definition) is 8. The molecule has 0 fully saturated rings. The lowest BCUT2D eigenvalue weighted by molar-refractivity contribution is 0.0962. The van der Waals surface area contributed by atoms with Crippen molar-refractivity contribution in [1.82, 2.24) is 19.9 Å². The van der Waals surface area contributed by atoms with Gasteiger partial charge in [-0.3, -0.25) is 10.1 Å². The van der Waals surface area contributed by atoms with Crippen LogP contribution in [0.4, 0.5) is 11.9 Å². The van der Waals surface area contributed by atoms with Crippen LogP contribution in [0.2, 0.25) is 0 Å². The van der Waals surface area contributed by atoms with Gasteiger partial charge < -0.3 is 9.47 Å². The van der Waals surface area contributed by atoms with Crippen molar-refractivity contribution in [2.24, 2.45) is 0 Å². The topological polar surface area (TPSA) is 99.1 Å². The van der Waals surface area contributed by atoms with E-state index in [0.717, 1.165) is 39.4 Å². The van der Waals surface area contributed by atoms with E-state index >= 15 is 0 Å². The van der Waals surface area contributed by atoms with E-state index in [1.165, 1.54) is 0 Å². The molecule has 1 atom stereocenters. The molecule has 2 heterocycles. The summed E-state index contributed by atoms with van der Waals surface area (Å²) in [6, 6.07) is 13.6. The van der Waals surface area contributed by atoms with Crippen molar-refractivity contribution in [2.75, 3.05) is 19.0 Å². The summed E-state index contributed by atoms with van der Waals surface area (Å²) >= 11 is 0. The Labute approximate surface area is 197 Å². The summed E-state index contributed by atoms with van der Waals surface area (Å²) in [5, 5.41) is 4.03. The first kappa shape index (κ1) is 21.8. The van der Waals surface area contributed by atoms with E-state index in [9.17, 15) is 4.79 Å². The molecule has 34 heavy (non-hydrogen) atoms. The third kappa shape index (κ3) is 4.26. The van der Waals surface area contributed by atoms with E-state index in [0.29, 0.717) is 36.9 Å². The van der Waals surface area contributed by atoms with Gasteiger partial charge in [0.15, 0.2) is 5.78 Å². The van der Waals surface area contributed by atoms with Crippen LogP contribution in [0, 0.1) is 6.92 Å². The summed E-state index contributed by atoms with van der Waals surface area (Å²) in [7, 11) is 1.64. The first-order valence-electron chi connectivity index (χ1n) is 11.3. The first-order valence-corrected chi connectivity index (χ1v) is 11.3. The molecule has 0 radical (unpaired) electrons. The van der Waals surface area contributed by atoms with E-state index in [1.807, 2.05) is 56.3 Å². The van der Waals surface area contributed by atoms with Crippen LogP contribution in [-0.4, -0.2) is 39.4 Å². The zero-order valence-electron chi connectivity index (χ0n) is 19.3. The highest BCUT2D eigenvalue weighted by Crippen LogP contribution is 2.33. The van der Waals surface area contributed by atoms with E-state index in [4.69, 9.17) is 9.47 Å². The molecule has 0 amide bonds. The van der Waals surface area contributed by atoms with Crippen molar-refractivity contribution in [3.63, 3.8) is 0 Å². The fraction of sp³-hybridized carbons (Fsp3) is 0.269. The van der Waals surface area contributed by atoms with Crippen LogP contribution in [-0.2, 0) is 6.42 Å². The second-order valence-electron chi connectivity index (χ2n) is 8.23. The Kier molecular flexibility index (Phi) is 5.79. The number of ether oxygens (including phenoxy) is 2. The van der Waals surface area contributed by atoms with Crippen LogP contribution in [0.3, 0.4) is 0 Å². The Morgan fingerprint density at radius 1 is 1.00 bits per heavy atom. The van der Waals surface area contributed by atoms with Crippen molar-refractivity contribution in [1.29, 1.82) is 0 Å². The molecule has 0 unspecified atom stereocenters. The van der Waals surface area contributed by atoms with Gasteiger partial charge in [0.25, 0.3) is 0 Å². The number of hydrogen-bond donors (Lipinski definition) is 1. The van der Waals surface area contributed by atoms with Gasteiger partial charge in [0.2, 0.25) is 11.9 Å². The molecule has 0 saturated heterocycles. The Balaban J connectivity index is 1.40. The number of carbonyl (C=O) groups is 1. The number of carbonyl (C=O) groups excluding carboxylic acids is 1. The van der Waals surface area contributed by atoms with E-state index in [2.05, 4.69) is 25.3 Å². The van der Waals surface area contributed by atoms with Crippen LogP contribution in [0.15, 0.2) is 48.7 Å². The van der Waals surface area contributed by atoms with Crippen LogP contribution >= 0.6 is 0 Å². The molecule has 0 saturated carbocycles. The Morgan fingerprint density at radius 2 is 1.79 bits per heavy atom. The third-order valence-corrected chi connectivity index (χ3v) is 6.02. The van der Waals surface area contributed by atoms with Gasteiger partial charge in [0.05, 0.1) is 36.2 Å². The quantitative estimate of drug-likeness (QED) is 0.443. The molecule has 2 aromatic heterocycles. The lowest BCUT2D eigenvalue weighted by Gasteiger charge is -2.23. The molecular weight excluding hydrogens is 430 g/mol. The van der Waals surface area contributed by atoms with E-state index in [1.54, 1.807) is 13.3 Å². The average Bonchev–Trinajstić information content (AvgIpc) is 2.84. The fourth-order valence-corrected chi connectivity index (χ4v) is 4.29. The van der Waals surface area contributed by atoms with Gasteiger partial charge in [-0.1, -0.05) is 12.1 Å². The van der Waals surface area contributed by atoms with Gasteiger partial charge in [-0.15, -0.1) is 0 Å². The third-order valence-electron chi connectivity index (χ3n) is 6.02. The molecule has 8 heteroatoms. The number of fused-ring (bicyclic) bond motifs is 2. The minimum Gasteiger partial charge on any atom is -0.497 e. The Bertz CT molecular complexity index is 1370. The smallest absolute Gasteiger partial charge is 0.230 e. The second kappa shape index (κ2) is 9.05. The second-order valence-corrected chi connectivity index (χ2v) is 8.23. The number of anilines is 2. The Hall–Kier alpha value is -4.07. The zero-order chi connectivity index (χ0) is 23.7. The number of Topliss-reactive ketones (excluding diaryl/α,β-unsaturated/α-hetero) is 1. The van der Waals surface area contributed by atoms with Gasteiger partial charge >= 0.3 is 0 Å². The highest BCUT2D eigenvalue weighted by molar-refractivity contribution is 5.98. The zero-order valence-corrected chi connectivity index (χ0v) is 19.3. The van der Waals surface area contributed by atoms with Crippen molar-refractivity contribution in [3.8, 4) is 11.5 Å². The molecule has 0 spiro atoms. The van der Waals surface area contributed by atoms with E-state index < -0.39 is 0 Å². The van der Waals surface area contributed by atoms with Crippen molar-refractivity contribution in [3.05, 3.63) is 71.2 Å². The van der Waals surface area contributed by atoms with Gasteiger partial charge in [-0.05, 0) is 62.1 Å². The van der Waals surface area contributed by atoms with Gasteiger partial charge in [0, 0.05) is 18.0 Å². The summed E-state index contributed by atoms with van der Waals surface area (Å²) in [5.74, 6) is 2.47. The molecule has 5 rings (SSSR count). The SMILES string of the molecule is CCOc1ccc2nc(Nc3ncc4c(n3)C[C@H](c3ccc(OC)cc3)CC4=O)nc(C)c2c1. The lowest BCUT2D eigenvalue weighted by atomic mass is 9.82. The minimum absolute atomic E-state index is 0.0523. The standard InChI is InChI=1S/C26H25N5O3/c1-4-34-19-9-10-22-20(13-19)15(2)28-26(29-22)31-25-27-14-21-23(30-25)11-17(12-24(21)32)16-5-7-18(33-3)8-6-16/h5-10,13-14,17H,4,11-12H2,1-3H3,(H,27,28,29,30,31)/t17-/m0/s1. The molecule has 0 aliphatic heterocycles. The predicted octanol–water partition coefficient (Wildman–Crippen LogP) is 4.79. The molecule has 4 aromatic rings.